The SMILES string of the molecule is CC[C@@H](C)N[C@H](C)c1ccc(F)cc1F. The van der Waals surface area contributed by atoms with E-state index in [9.17, 15) is 8.78 Å². The zero-order chi connectivity index (χ0) is 11.4. The summed E-state index contributed by atoms with van der Waals surface area (Å²) in [5.41, 5.74) is 0.511. The van der Waals surface area contributed by atoms with Gasteiger partial charge in [0, 0.05) is 23.7 Å². The lowest BCUT2D eigenvalue weighted by Crippen LogP contribution is -2.28. The summed E-state index contributed by atoms with van der Waals surface area (Å²) < 4.78 is 26.1. The van der Waals surface area contributed by atoms with E-state index < -0.39 is 11.6 Å². The van der Waals surface area contributed by atoms with Crippen LogP contribution in [0.5, 0.6) is 0 Å². The van der Waals surface area contributed by atoms with Crippen LogP contribution in [0.3, 0.4) is 0 Å². The lowest BCUT2D eigenvalue weighted by Gasteiger charge is -2.19. The van der Waals surface area contributed by atoms with E-state index in [1.54, 1.807) is 0 Å². The second-order valence-corrected chi connectivity index (χ2v) is 3.86. The van der Waals surface area contributed by atoms with Crippen molar-refractivity contribution in [2.45, 2.75) is 39.3 Å². The Hall–Kier alpha value is -0.960. The van der Waals surface area contributed by atoms with Crippen LogP contribution in [0.4, 0.5) is 8.78 Å². The van der Waals surface area contributed by atoms with Crippen molar-refractivity contribution in [3.63, 3.8) is 0 Å². The number of hydrogen-bond acceptors (Lipinski definition) is 1. The van der Waals surface area contributed by atoms with Gasteiger partial charge in [0.25, 0.3) is 0 Å². The molecule has 2 atom stereocenters. The summed E-state index contributed by atoms with van der Waals surface area (Å²) in [6.45, 7) is 5.98. The summed E-state index contributed by atoms with van der Waals surface area (Å²) in [5.74, 6) is -1.02. The monoisotopic (exact) mass is 213 g/mol. The minimum absolute atomic E-state index is 0.0967. The molecule has 1 N–H and O–H groups in total. The van der Waals surface area contributed by atoms with E-state index in [0.29, 0.717) is 11.6 Å². The lowest BCUT2D eigenvalue weighted by molar-refractivity contribution is 0.452. The minimum atomic E-state index is -0.535. The van der Waals surface area contributed by atoms with Crippen molar-refractivity contribution in [1.82, 2.24) is 5.32 Å². The molecule has 0 fully saturated rings. The third-order valence-electron chi connectivity index (χ3n) is 2.58. The second-order valence-electron chi connectivity index (χ2n) is 3.86. The summed E-state index contributed by atoms with van der Waals surface area (Å²) in [4.78, 5) is 0. The molecule has 0 aliphatic heterocycles. The first-order valence-corrected chi connectivity index (χ1v) is 5.25. The highest BCUT2D eigenvalue weighted by atomic mass is 19.1. The molecule has 3 heteroatoms. The third-order valence-corrected chi connectivity index (χ3v) is 2.58. The van der Waals surface area contributed by atoms with Crippen molar-refractivity contribution in [1.29, 1.82) is 0 Å². The molecule has 1 rings (SSSR count). The topological polar surface area (TPSA) is 12.0 Å². The number of nitrogens with one attached hydrogen (secondary N) is 1. The molecule has 84 valence electrons. The average molecular weight is 213 g/mol. The Morgan fingerprint density at radius 2 is 1.93 bits per heavy atom. The van der Waals surface area contributed by atoms with E-state index in [1.807, 2.05) is 13.8 Å². The predicted octanol–water partition coefficient (Wildman–Crippen LogP) is 3.41. The van der Waals surface area contributed by atoms with Crippen LogP contribution in [0.2, 0.25) is 0 Å². The van der Waals surface area contributed by atoms with E-state index in [4.69, 9.17) is 0 Å². The molecule has 0 bridgehead atoms. The first-order chi connectivity index (χ1) is 7.04. The highest BCUT2D eigenvalue weighted by molar-refractivity contribution is 5.21. The summed E-state index contributed by atoms with van der Waals surface area (Å²) in [6.07, 6.45) is 0.979. The van der Waals surface area contributed by atoms with Crippen molar-refractivity contribution in [3.8, 4) is 0 Å². The molecular formula is C12H17F2N. The summed E-state index contributed by atoms with van der Waals surface area (Å²) >= 11 is 0. The first-order valence-electron chi connectivity index (χ1n) is 5.25. The summed E-state index contributed by atoms with van der Waals surface area (Å²) in [5, 5.41) is 3.24. The standard InChI is InChI=1S/C12H17F2N/c1-4-8(2)15-9(3)11-6-5-10(13)7-12(11)14/h5-9,15H,4H2,1-3H3/t8-,9-/m1/s1. The lowest BCUT2D eigenvalue weighted by atomic mass is 10.1. The average Bonchev–Trinajstić information content (AvgIpc) is 2.17. The highest BCUT2D eigenvalue weighted by Gasteiger charge is 2.12. The molecule has 0 saturated carbocycles. The van der Waals surface area contributed by atoms with E-state index in [-0.39, 0.29) is 6.04 Å². The Kier molecular flexibility index (Phi) is 4.21. The second kappa shape index (κ2) is 5.21. The van der Waals surface area contributed by atoms with Gasteiger partial charge in [-0.3, -0.25) is 0 Å². The molecule has 0 aliphatic carbocycles. The van der Waals surface area contributed by atoms with Crippen molar-refractivity contribution >= 4 is 0 Å². The van der Waals surface area contributed by atoms with Crippen molar-refractivity contribution in [2.75, 3.05) is 0 Å². The molecule has 1 aromatic rings. The molecule has 0 saturated heterocycles. The van der Waals surface area contributed by atoms with E-state index >= 15 is 0 Å². The zero-order valence-electron chi connectivity index (χ0n) is 9.35. The van der Waals surface area contributed by atoms with Gasteiger partial charge in [0.1, 0.15) is 11.6 Å². The van der Waals surface area contributed by atoms with Gasteiger partial charge < -0.3 is 5.32 Å². The Morgan fingerprint density at radius 1 is 1.27 bits per heavy atom. The largest absolute Gasteiger partial charge is 0.308 e. The number of rotatable bonds is 4. The van der Waals surface area contributed by atoms with Gasteiger partial charge in [0.15, 0.2) is 0 Å². The van der Waals surface area contributed by atoms with Crippen LogP contribution in [0.15, 0.2) is 18.2 Å². The summed E-state index contributed by atoms with van der Waals surface area (Å²) in [7, 11) is 0. The molecule has 0 spiro atoms. The Balaban J connectivity index is 2.77. The molecule has 0 unspecified atom stereocenters. The van der Waals surface area contributed by atoms with Gasteiger partial charge in [-0.05, 0) is 26.3 Å². The van der Waals surface area contributed by atoms with Crippen LogP contribution in [-0.2, 0) is 0 Å². The fraction of sp³-hybridized carbons (Fsp3) is 0.500. The first kappa shape index (κ1) is 12.1. The Morgan fingerprint density at radius 3 is 2.47 bits per heavy atom. The minimum Gasteiger partial charge on any atom is -0.308 e. The Labute approximate surface area is 89.5 Å². The fourth-order valence-corrected chi connectivity index (χ4v) is 1.49. The normalized spacial score (nSPS) is 15.0. The van der Waals surface area contributed by atoms with Crippen LogP contribution in [0.25, 0.3) is 0 Å². The van der Waals surface area contributed by atoms with Crippen LogP contribution >= 0.6 is 0 Å². The zero-order valence-corrected chi connectivity index (χ0v) is 9.35. The van der Waals surface area contributed by atoms with Gasteiger partial charge in [0.05, 0.1) is 0 Å². The number of hydrogen-bond donors (Lipinski definition) is 1. The quantitative estimate of drug-likeness (QED) is 0.808. The smallest absolute Gasteiger partial charge is 0.130 e. The fourth-order valence-electron chi connectivity index (χ4n) is 1.49. The van der Waals surface area contributed by atoms with Gasteiger partial charge >= 0.3 is 0 Å². The Bertz CT molecular complexity index is 325. The van der Waals surface area contributed by atoms with Gasteiger partial charge in [-0.25, -0.2) is 8.78 Å². The van der Waals surface area contributed by atoms with Gasteiger partial charge in [-0.15, -0.1) is 0 Å². The molecule has 0 aliphatic rings. The van der Waals surface area contributed by atoms with E-state index in [0.717, 1.165) is 12.5 Å². The summed E-state index contributed by atoms with van der Waals surface area (Å²) in [6, 6.07) is 3.92. The maximum atomic E-state index is 13.4. The molecule has 0 radical (unpaired) electrons. The van der Waals surface area contributed by atoms with Crippen LogP contribution in [-0.4, -0.2) is 6.04 Å². The highest BCUT2D eigenvalue weighted by Crippen LogP contribution is 2.18. The van der Waals surface area contributed by atoms with Crippen LogP contribution in [0.1, 0.15) is 38.8 Å². The molecule has 0 amide bonds. The number of halogens is 2. The molecule has 0 aromatic heterocycles. The predicted molar refractivity (Wildman–Crippen MR) is 57.7 cm³/mol. The van der Waals surface area contributed by atoms with Crippen molar-refractivity contribution in [2.24, 2.45) is 0 Å². The molecule has 15 heavy (non-hydrogen) atoms. The third kappa shape index (κ3) is 3.27. The molecule has 1 aromatic carbocycles. The van der Waals surface area contributed by atoms with Crippen LogP contribution in [0, 0.1) is 11.6 Å². The van der Waals surface area contributed by atoms with Gasteiger partial charge in [-0.2, -0.15) is 0 Å². The molecule has 1 nitrogen and oxygen atoms in total. The number of benzene rings is 1. The van der Waals surface area contributed by atoms with Crippen molar-refractivity contribution < 1.29 is 8.78 Å². The van der Waals surface area contributed by atoms with Gasteiger partial charge in [0.2, 0.25) is 0 Å². The van der Waals surface area contributed by atoms with Gasteiger partial charge in [-0.1, -0.05) is 13.0 Å². The van der Waals surface area contributed by atoms with Crippen molar-refractivity contribution in [3.05, 3.63) is 35.4 Å². The van der Waals surface area contributed by atoms with E-state index in [1.165, 1.54) is 12.1 Å². The maximum absolute atomic E-state index is 13.4. The molecule has 0 heterocycles. The van der Waals surface area contributed by atoms with Crippen LogP contribution < -0.4 is 5.32 Å². The molecular weight excluding hydrogens is 196 g/mol. The van der Waals surface area contributed by atoms with E-state index in [2.05, 4.69) is 12.2 Å². The maximum Gasteiger partial charge on any atom is 0.130 e.